The summed E-state index contributed by atoms with van der Waals surface area (Å²) in [5.41, 5.74) is 0.754. The molecular weight excluding hydrogens is 390 g/mol. The minimum absolute atomic E-state index is 0.0828. The number of aryl methyl sites for hydroxylation is 1. The van der Waals surface area contributed by atoms with Crippen LogP contribution >= 0.6 is 11.3 Å². The summed E-state index contributed by atoms with van der Waals surface area (Å²) >= 11 is 1.46. The minimum atomic E-state index is -3.90. The van der Waals surface area contributed by atoms with Crippen molar-refractivity contribution in [2.45, 2.75) is 19.4 Å². The first kappa shape index (κ1) is 19.7. The van der Waals surface area contributed by atoms with E-state index in [0.717, 1.165) is 15.7 Å². The van der Waals surface area contributed by atoms with E-state index in [0.29, 0.717) is 13.1 Å². The lowest BCUT2D eigenvalue weighted by Gasteiger charge is -2.34. The van der Waals surface area contributed by atoms with Gasteiger partial charge in [0.05, 0.1) is 0 Å². The van der Waals surface area contributed by atoms with Gasteiger partial charge in [0.15, 0.2) is 0 Å². The van der Waals surface area contributed by atoms with Crippen LogP contribution in [0.15, 0.2) is 30.3 Å². The molecule has 9 nitrogen and oxygen atoms in total. The molecule has 1 atom stereocenters. The number of nitrogens with one attached hydrogen (secondary N) is 1. The van der Waals surface area contributed by atoms with E-state index < -0.39 is 22.2 Å². The van der Waals surface area contributed by atoms with Crippen LogP contribution in [0.3, 0.4) is 0 Å². The summed E-state index contributed by atoms with van der Waals surface area (Å²) in [7, 11) is -3.90. The van der Waals surface area contributed by atoms with E-state index in [1.165, 1.54) is 15.6 Å². The Balaban J connectivity index is 1.62. The second-order valence-corrected chi connectivity index (χ2v) is 9.06. The molecule has 2 N–H and O–H groups in total. The highest BCUT2D eigenvalue weighted by atomic mass is 32.2. The molecule has 3 rings (SSSR count). The number of carboxylic acid groups (broad SMARTS) is 1. The van der Waals surface area contributed by atoms with Crippen LogP contribution in [0.5, 0.6) is 0 Å². The van der Waals surface area contributed by atoms with E-state index in [1.54, 1.807) is 24.3 Å². The van der Waals surface area contributed by atoms with Crippen LogP contribution in [0.2, 0.25) is 0 Å². The van der Waals surface area contributed by atoms with E-state index >= 15 is 0 Å². The number of hydrogen-bond donors (Lipinski definition) is 2. The minimum Gasteiger partial charge on any atom is -0.480 e. The van der Waals surface area contributed by atoms with Gasteiger partial charge in [-0.25, -0.2) is 0 Å². The highest BCUT2D eigenvalue weighted by Gasteiger charge is 2.32. The summed E-state index contributed by atoms with van der Waals surface area (Å²) in [5, 5.41) is 19.1. The summed E-state index contributed by atoms with van der Waals surface area (Å²) in [6.45, 7) is 3.33. The summed E-state index contributed by atoms with van der Waals surface area (Å²) in [4.78, 5) is 13.5. The number of rotatable bonds is 7. The van der Waals surface area contributed by atoms with E-state index in [1.807, 2.05) is 17.9 Å². The van der Waals surface area contributed by atoms with Crippen LogP contribution in [0.4, 0.5) is 5.13 Å². The molecule has 1 saturated heterocycles. The first-order valence-electron chi connectivity index (χ1n) is 8.44. The van der Waals surface area contributed by atoms with Crippen molar-refractivity contribution in [2.24, 2.45) is 0 Å². The smallest absolute Gasteiger partial charge is 0.322 e. The van der Waals surface area contributed by atoms with Crippen molar-refractivity contribution in [3.63, 3.8) is 0 Å². The lowest BCUT2D eigenvalue weighted by atomic mass is 10.1. The maximum absolute atomic E-state index is 12.6. The molecule has 1 aromatic carbocycles. The summed E-state index contributed by atoms with van der Waals surface area (Å²) in [6.07, 6.45) is 0.0828. The molecule has 2 aromatic rings. The molecule has 0 spiro atoms. The lowest BCUT2D eigenvalue weighted by Crippen LogP contribution is -2.55. The van der Waals surface area contributed by atoms with Crippen LogP contribution in [0.25, 0.3) is 0 Å². The first-order chi connectivity index (χ1) is 12.8. The Labute approximate surface area is 161 Å². The molecule has 27 heavy (non-hydrogen) atoms. The van der Waals surface area contributed by atoms with E-state index in [2.05, 4.69) is 14.9 Å². The summed E-state index contributed by atoms with van der Waals surface area (Å²) < 4.78 is 28.9. The molecule has 1 aromatic heterocycles. The van der Waals surface area contributed by atoms with E-state index in [4.69, 9.17) is 0 Å². The lowest BCUT2D eigenvalue weighted by molar-refractivity contribution is -0.138. The number of benzene rings is 1. The van der Waals surface area contributed by atoms with Crippen molar-refractivity contribution in [1.29, 1.82) is 0 Å². The highest BCUT2D eigenvalue weighted by Crippen LogP contribution is 2.21. The third-order valence-corrected chi connectivity index (χ3v) is 6.76. The Morgan fingerprint density at radius 2 is 1.89 bits per heavy atom. The quantitative estimate of drug-likeness (QED) is 0.681. The largest absolute Gasteiger partial charge is 0.480 e. The average Bonchev–Trinajstić information content (AvgIpc) is 3.08. The molecule has 11 heteroatoms. The topological polar surface area (TPSA) is 116 Å². The number of nitrogens with zero attached hydrogens (tertiary/aromatic N) is 4. The molecule has 0 amide bonds. The highest BCUT2D eigenvalue weighted by molar-refractivity contribution is 7.87. The molecule has 1 aliphatic rings. The third-order valence-electron chi connectivity index (χ3n) is 4.24. The van der Waals surface area contributed by atoms with Crippen LogP contribution < -0.4 is 9.62 Å². The fourth-order valence-corrected chi connectivity index (χ4v) is 4.89. The fraction of sp³-hybridized carbons (Fsp3) is 0.438. The van der Waals surface area contributed by atoms with Crippen molar-refractivity contribution < 1.29 is 18.3 Å². The third kappa shape index (κ3) is 5.01. The van der Waals surface area contributed by atoms with E-state index in [-0.39, 0.29) is 19.5 Å². The Hall–Kier alpha value is -2.08. The van der Waals surface area contributed by atoms with Crippen LogP contribution in [0.1, 0.15) is 10.6 Å². The molecule has 1 unspecified atom stereocenters. The predicted octanol–water partition coefficient (Wildman–Crippen LogP) is 0.499. The second-order valence-electron chi connectivity index (χ2n) is 6.19. The number of anilines is 1. The molecule has 1 fully saturated rings. The van der Waals surface area contributed by atoms with Crippen molar-refractivity contribution in [3.05, 3.63) is 40.9 Å². The van der Waals surface area contributed by atoms with Gasteiger partial charge in [0.2, 0.25) is 5.13 Å². The standard InChI is InChI=1S/C16H21N5O4S2/c1-12-17-18-16(26-12)20-7-9-21(10-8-20)27(24,25)19-14(15(22)23)11-13-5-3-2-4-6-13/h2-6,14,19H,7-11H2,1H3,(H,22,23). The van der Waals surface area contributed by atoms with Gasteiger partial charge < -0.3 is 10.0 Å². The van der Waals surface area contributed by atoms with Crippen molar-refractivity contribution in [1.82, 2.24) is 19.2 Å². The van der Waals surface area contributed by atoms with Gasteiger partial charge in [-0.05, 0) is 18.9 Å². The number of carboxylic acids is 1. The fourth-order valence-electron chi connectivity index (χ4n) is 2.82. The molecule has 1 aliphatic heterocycles. The number of aliphatic carboxylic acids is 1. The zero-order valence-corrected chi connectivity index (χ0v) is 16.4. The molecule has 146 valence electrons. The Morgan fingerprint density at radius 1 is 1.22 bits per heavy atom. The van der Waals surface area contributed by atoms with Gasteiger partial charge in [0.25, 0.3) is 10.2 Å². The molecular formula is C16H21N5O4S2. The van der Waals surface area contributed by atoms with Crippen molar-refractivity contribution in [3.8, 4) is 0 Å². The Bertz CT molecular complexity index is 879. The zero-order chi connectivity index (χ0) is 19.4. The van der Waals surface area contributed by atoms with Gasteiger partial charge in [-0.15, -0.1) is 10.2 Å². The second kappa shape index (κ2) is 8.30. The van der Waals surface area contributed by atoms with Gasteiger partial charge in [0, 0.05) is 26.2 Å². The Kier molecular flexibility index (Phi) is 6.05. The monoisotopic (exact) mass is 411 g/mol. The SMILES string of the molecule is Cc1nnc(N2CCN(S(=O)(=O)NC(Cc3ccccc3)C(=O)O)CC2)s1. The number of aromatic nitrogens is 2. The molecule has 0 radical (unpaired) electrons. The maximum atomic E-state index is 12.6. The number of carbonyl (C=O) groups is 1. The predicted molar refractivity (Wildman–Crippen MR) is 102 cm³/mol. The van der Waals surface area contributed by atoms with Crippen LogP contribution in [-0.4, -0.2) is 66.2 Å². The van der Waals surface area contributed by atoms with E-state index in [9.17, 15) is 18.3 Å². The van der Waals surface area contributed by atoms with Gasteiger partial charge in [-0.1, -0.05) is 41.7 Å². The number of piperazine rings is 1. The van der Waals surface area contributed by atoms with Gasteiger partial charge in [0.1, 0.15) is 11.0 Å². The van der Waals surface area contributed by atoms with Gasteiger partial charge in [-0.2, -0.15) is 17.4 Å². The normalized spacial score (nSPS) is 17.0. The molecule has 0 bridgehead atoms. The molecule has 0 saturated carbocycles. The van der Waals surface area contributed by atoms with Crippen molar-refractivity contribution in [2.75, 3.05) is 31.1 Å². The zero-order valence-electron chi connectivity index (χ0n) is 14.8. The van der Waals surface area contributed by atoms with Crippen molar-refractivity contribution >= 4 is 32.6 Å². The van der Waals surface area contributed by atoms with Crippen LogP contribution in [0, 0.1) is 6.92 Å². The molecule has 0 aliphatic carbocycles. The van der Waals surface area contributed by atoms with Crippen LogP contribution in [-0.2, 0) is 21.4 Å². The van der Waals surface area contributed by atoms with Gasteiger partial charge in [-0.3, -0.25) is 4.79 Å². The number of hydrogen-bond acceptors (Lipinski definition) is 7. The molecule has 2 heterocycles. The van der Waals surface area contributed by atoms with Gasteiger partial charge >= 0.3 is 5.97 Å². The maximum Gasteiger partial charge on any atom is 0.322 e. The average molecular weight is 412 g/mol. The summed E-state index contributed by atoms with van der Waals surface area (Å²) in [5.74, 6) is -1.20. The Morgan fingerprint density at radius 3 is 2.44 bits per heavy atom. The first-order valence-corrected chi connectivity index (χ1v) is 10.7. The summed E-state index contributed by atoms with van der Waals surface area (Å²) in [6, 6.07) is 7.72.